The van der Waals surface area contributed by atoms with Crippen molar-refractivity contribution in [3.8, 4) is 0 Å². The molecule has 0 aromatic heterocycles. The predicted octanol–water partition coefficient (Wildman–Crippen LogP) is 1.19. The summed E-state index contributed by atoms with van der Waals surface area (Å²) in [5.41, 5.74) is -0.175. The number of hydrogen-bond donors (Lipinski definition) is 3. The molecule has 1 fully saturated rings. The van der Waals surface area contributed by atoms with Crippen molar-refractivity contribution >= 4 is 6.09 Å². The highest BCUT2D eigenvalue weighted by Crippen LogP contribution is 2.35. The molecule has 2 atom stereocenters. The Kier molecular flexibility index (Phi) is 2.81. The molecule has 2 unspecified atom stereocenters. The summed E-state index contributed by atoms with van der Waals surface area (Å²) in [5, 5.41) is 20.6. The van der Waals surface area contributed by atoms with E-state index in [4.69, 9.17) is 5.11 Å². The van der Waals surface area contributed by atoms with Gasteiger partial charge in [-0.15, -0.1) is 0 Å². The van der Waals surface area contributed by atoms with Crippen molar-refractivity contribution in [1.29, 1.82) is 0 Å². The quantitative estimate of drug-likeness (QED) is 0.577. The largest absolute Gasteiger partial charge is 0.465 e. The third-order valence-corrected chi connectivity index (χ3v) is 2.79. The van der Waals surface area contributed by atoms with Gasteiger partial charge in [-0.25, -0.2) is 4.79 Å². The van der Waals surface area contributed by atoms with Crippen LogP contribution >= 0.6 is 0 Å². The Bertz CT molecular complexity index is 203. The molecule has 76 valence electrons. The third kappa shape index (κ3) is 2.59. The molecule has 3 N–H and O–H groups in total. The minimum Gasteiger partial charge on any atom is -0.465 e. The van der Waals surface area contributed by atoms with Gasteiger partial charge in [0, 0.05) is 6.04 Å². The molecular formula is C9H17NO3. The highest BCUT2D eigenvalue weighted by Gasteiger charge is 2.35. The number of carboxylic acid groups (broad SMARTS) is 1. The van der Waals surface area contributed by atoms with Gasteiger partial charge in [0.15, 0.2) is 0 Å². The van der Waals surface area contributed by atoms with Gasteiger partial charge >= 0.3 is 6.09 Å². The Morgan fingerprint density at radius 2 is 2.08 bits per heavy atom. The zero-order chi connectivity index (χ0) is 10.1. The monoisotopic (exact) mass is 187 g/mol. The summed E-state index contributed by atoms with van der Waals surface area (Å²) in [6, 6.07) is -0.00380. The van der Waals surface area contributed by atoms with Crippen LogP contribution in [0.1, 0.15) is 33.1 Å². The van der Waals surface area contributed by atoms with Crippen LogP contribution in [-0.2, 0) is 0 Å². The first kappa shape index (κ1) is 10.3. The molecule has 13 heavy (non-hydrogen) atoms. The number of carbonyl (C=O) groups is 1. The molecule has 0 saturated heterocycles. The van der Waals surface area contributed by atoms with E-state index in [0.29, 0.717) is 12.8 Å². The summed E-state index contributed by atoms with van der Waals surface area (Å²) in [4.78, 5) is 10.4. The fraction of sp³-hybridized carbons (Fsp3) is 0.889. The van der Waals surface area contributed by atoms with E-state index in [1.807, 2.05) is 13.8 Å². The van der Waals surface area contributed by atoms with Crippen LogP contribution in [0, 0.1) is 5.41 Å². The Morgan fingerprint density at radius 1 is 1.46 bits per heavy atom. The van der Waals surface area contributed by atoms with Gasteiger partial charge in [-0.3, -0.25) is 0 Å². The SMILES string of the molecule is CC1(C)CC(NC(=O)O)CCC1O. The number of amides is 1. The van der Waals surface area contributed by atoms with Crippen LogP contribution in [-0.4, -0.2) is 28.5 Å². The summed E-state index contributed by atoms with van der Waals surface area (Å²) < 4.78 is 0. The van der Waals surface area contributed by atoms with Crippen LogP contribution in [0.15, 0.2) is 0 Å². The second-order valence-electron chi connectivity index (χ2n) is 4.43. The summed E-state index contributed by atoms with van der Waals surface area (Å²) in [7, 11) is 0. The van der Waals surface area contributed by atoms with E-state index < -0.39 is 6.09 Å². The van der Waals surface area contributed by atoms with Gasteiger partial charge in [-0.05, 0) is 24.7 Å². The molecular weight excluding hydrogens is 170 g/mol. The summed E-state index contributed by atoms with van der Waals surface area (Å²) in [5.74, 6) is 0. The first-order chi connectivity index (χ1) is 5.92. The van der Waals surface area contributed by atoms with Crippen LogP contribution in [0.25, 0.3) is 0 Å². The maximum Gasteiger partial charge on any atom is 0.404 e. The molecule has 1 aliphatic carbocycles. The molecule has 0 aromatic carbocycles. The van der Waals surface area contributed by atoms with Crippen molar-refractivity contribution in [3.63, 3.8) is 0 Å². The Morgan fingerprint density at radius 3 is 2.54 bits per heavy atom. The highest BCUT2D eigenvalue weighted by molar-refractivity contribution is 5.64. The fourth-order valence-corrected chi connectivity index (χ4v) is 1.92. The van der Waals surface area contributed by atoms with E-state index >= 15 is 0 Å². The topological polar surface area (TPSA) is 69.6 Å². The van der Waals surface area contributed by atoms with E-state index in [0.717, 1.165) is 6.42 Å². The van der Waals surface area contributed by atoms with Gasteiger partial charge < -0.3 is 15.5 Å². The maximum atomic E-state index is 10.4. The molecule has 0 bridgehead atoms. The lowest BCUT2D eigenvalue weighted by molar-refractivity contribution is 0.00203. The molecule has 0 heterocycles. The maximum absolute atomic E-state index is 10.4. The first-order valence-electron chi connectivity index (χ1n) is 4.59. The smallest absolute Gasteiger partial charge is 0.404 e. The number of nitrogens with one attached hydrogen (secondary N) is 1. The number of aliphatic hydroxyl groups excluding tert-OH is 1. The molecule has 0 aromatic rings. The zero-order valence-corrected chi connectivity index (χ0v) is 8.08. The van der Waals surface area contributed by atoms with Gasteiger partial charge in [0.1, 0.15) is 0 Å². The second-order valence-corrected chi connectivity index (χ2v) is 4.43. The third-order valence-electron chi connectivity index (χ3n) is 2.79. The minimum atomic E-state index is -0.975. The van der Waals surface area contributed by atoms with Crippen molar-refractivity contribution in [1.82, 2.24) is 5.32 Å². The van der Waals surface area contributed by atoms with Gasteiger partial charge in [0.2, 0.25) is 0 Å². The average Bonchev–Trinajstić information content (AvgIpc) is 1.95. The van der Waals surface area contributed by atoms with Gasteiger partial charge in [-0.2, -0.15) is 0 Å². The lowest BCUT2D eigenvalue weighted by Gasteiger charge is -2.39. The lowest BCUT2D eigenvalue weighted by Crippen LogP contribution is -2.45. The van der Waals surface area contributed by atoms with E-state index in [1.165, 1.54) is 0 Å². The summed E-state index contributed by atoms with van der Waals surface area (Å²) in [6.07, 6.45) is 0.839. The highest BCUT2D eigenvalue weighted by atomic mass is 16.4. The van der Waals surface area contributed by atoms with Gasteiger partial charge in [0.25, 0.3) is 0 Å². The van der Waals surface area contributed by atoms with Crippen LogP contribution in [0.3, 0.4) is 0 Å². The Labute approximate surface area is 78.0 Å². The molecule has 1 aliphatic rings. The molecule has 1 rings (SSSR count). The van der Waals surface area contributed by atoms with Crippen LogP contribution < -0.4 is 5.32 Å². The van der Waals surface area contributed by atoms with E-state index in [1.54, 1.807) is 0 Å². The molecule has 1 amide bonds. The molecule has 1 saturated carbocycles. The van der Waals surface area contributed by atoms with E-state index in [2.05, 4.69) is 5.32 Å². The molecule has 0 radical (unpaired) electrons. The van der Waals surface area contributed by atoms with Crippen molar-refractivity contribution < 1.29 is 15.0 Å². The molecule has 4 nitrogen and oxygen atoms in total. The van der Waals surface area contributed by atoms with Crippen LogP contribution in [0.4, 0.5) is 4.79 Å². The fourth-order valence-electron chi connectivity index (χ4n) is 1.92. The summed E-state index contributed by atoms with van der Waals surface area (Å²) >= 11 is 0. The lowest BCUT2D eigenvalue weighted by atomic mass is 9.73. The Balaban J connectivity index is 2.50. The van der Waals surface area contributed by atoms with Gasteiger partial charge in [-0.1, -0.05) is 13.8 Å². The standard InChI is InChI=1S/C9H17NO3/c1-9(2)5-6(10-8(12)13)3-4-7(9)11/h6-7,10-11H,3-5H2,1-2H3,(H,12,13). The molecule has 0 aliphatic heterocycles. The minimum absolute atomic E-state index is 0.00380. The van der Waals surface area contributed by atoms with E-state index in [-0.39, 0.29) is 17.6 Å². The molecule has 4 heteroatoms. The number of hydrogen-bond acceptors (Lipinski definition) is 2. The van der Waals surface area contributed by atoms with Gasteiger partial charge in [0.05, 0.1) is 6.10 Å². The van der Waals surface area contributed by atoms with Crippen molar-refractivity contribution in [2.24, 2.45) is 5.41 Å². The zero-order valence-electron chi connectivity index (χ0n) is 8.08. The predicted molar refractivity (Wildman–Crippen MR) is 48.6 cm³/mol. The van der Waals surface area contributed by atoms with Crippen LogP contribution in [0.2, 0.25) is 0 Å². The normalized spacial score (nSPS) is 32.5. The Hall–Kier alpha value is -0.770. The second kappa shape index (κ2) is 3.54. The van der Waals surface area contributed by atoms with Crippen molar-refractivity contribution in [3.05, 3.63) is 0 Å². The number of aliphatic hydroxyl groups is 1. The average molecular weight is 187 g/mol. The van der Waals surface area contributed by atoms with E-state index in [9.17, 15) is 9.90 Å². The van der Waals surface area contributed by atoms with Crippen LogP contribution in [0.5, 0.6) is 0 Å². The van der Waals surface area contributed by atoms with Crippen molar-refractivity contribution in [2.45, 2.75) is 45.3 Å². The first-order valence-corrected chi connectivity index (χ1v) is 4.59. The summed E-state index contributed by atoms with van der Waals surface area (Å²) in [6.45, 7) is 3.93. The van der Waals surface area contributed by atoms with Crippen molar-refractivity contribution in [2.75, 3.05) is 0 Å². The number of rotatable bonds is 1. The molecule has 0 spiro atoms.